The highest BCUT2D eigenvalue weighted by atomic mass is 16.5. The van der Waals surface area contributed by atoms with Gasteiger partial charge in [-0.2, -0.15) is 0 Å². The Hall–Kier alpha value is -0.810. The molecule has 0 saturated heterocycles. The first-order valence-electron chi connectivity index (χ1n) is 4.48. The molecule has 0 fully saturated rings. The predicted octanol–water partition coefficient (Wildman–Crippen LogP) is -0.563. The number of hydrogen-bond donors (Lipinski definition) is 3. The zero-order valence-corrected chi connectivity index (χ0v) is 8.07. The Balaban J connectivity index is 3.30. The first-order chi connectivity index (χ1) is 6.16. The van der Waals surface area contributed by atoms with Crippen LogP contribution >= 0.6 is 0 Å². The summed E-state index contributed by atoms with van der Waals surface area (Å²) in [6, 6.07) is 0. The van der Waals surface area contributed by atoms with Crippen molar-refractivity contribution in [1.29, 1.82) is 0 Å². The fourth-order valence-corrected chi connectivity index (χ4v) is 0.729. The van der Waals surface area contributed by atoms with Gasteiger partial charge in [0.2, 0.25) is 0 Å². The Bertz CT molecular complexity index is 146. The van der Waals surface area contributed by atoms with Crippen LogP contribution < -0.4 is 11.5 Å². The standard InChI is InChI=1S/C8H19N3O2/c1-2-3-4-13-6-7(12)5-11-8(9)10/h7,12H,2-6H2,1H3,(H4,9,10,11). The van der Waals surface area contributed by atoms with Crippen molar-refractivity contribution >= 4 is 5.96 Å². The molecule has 0 bridgehead atoms. The number of aliphatic hydroxyl groups excluding tert-OH is 1. The first-order valence-corrected chi connectivity index (χ1v) is 4.48. The second kappa shape index (κ2) is 7.82. The summed E-state index contributed by atoms with van der Waals surface area (Å²) in [5.74, 6) is -0.00684. The molecule has 5 nitrogen and oxygen atoms in total. The largest absolute Gasteiger partial charge is 0.389 e. The zero-order chi connectivity index (χ0) is 10.1. The average Bonchev–Trinajstić information content (AvgIpc) is 2.09. The van der Waals surface area contributed by atoms with E-state index in [9.17, 15) is 5.11 Å². The molecule has 0 spiro atoms. The Morgan fingerprint density at radius 3 is 2.77 bits per heavy atom. The number of nitrogens with two attached hydrogens (primary N) is 2. The molecule has 0 saturated carbocycles. The van der Waals surface area contributed by atoms with Crippen molar-refractivity contribution < 1.29 is 9.84 Å². The van der Waals surface area contributed by atoms with Gasteiger partial charge in [0, 0.05) is 6.61 Å². The van der Waals surface area contributed by atoms with Crippen LogP contribution in [-0.4, -0.2) is 36.9 Å². The van der Waals surface area contributed by atoms with E-state index < -0.39 is 6.10 Å². The van der Waals surface area contributed by atoms with Crippen molar-refractivity contribution in [1.82, 2.24) is 0 Å². The van der Waals surface area contributed by atoms with E-state index in [0.29, 0.717) is 6.61 Å². The van der Waals surface area contributed by atoms with Crippen molar-refractivity contribution in [3.63, 3.8) is 0 Å². The monoisotopic (exact) mass is 189 g/mol. The normalized spacial score (nSPS) is 12.5. The van der Waals surface area contributed by atoms with Crippen LogP contribution in [0.3, 0.4) is 0 Å². The molecule has 0 aliphatic rings. The molecule has 0 aliphatic heterocycles. The maximum absolute atomic E-state index is 9.25. The van der Waals surface area contributed by atoms with Gasteiger partial charge in [-0.15, -0.1) is 0 Å². The molecule has 0 aromatic heterocycles. The van der Waals surface area contributed by atoms with E-state index in [2.05, 4.69) is 11.9 Å². The van der Waals surface area contributed by atoms with E-state index in [1.165, 1.54) is 0 Å². The van der Waals surface area contributed by atoms with Crippen molar-refractivity contribution in [2.75, 3.05) is 19.8 Å². The van der Waals surface area contributed by atoms with E-state index in [1.807, 2.05) is 0 Å². The molecule has 0 aromatic rings. The topological polar surface area (TPSA) is 93.9 Å². The van der Waals surface area contributed by atoms with E-state index in [1.54, 1.807) is 0 Å². The van der Waals surface area contributed by atoms with E-state index in [0.717, 1.165) is 12.8 Å². The van der Waals surface area contributed by atoms with Gasteiger partial charge in [0.1, 0.15) is 0 Å². The third kappa shape index (κ3) is 9.10. The molecule has 5 N–H and O–H groups in total. The van der Waals surface area contributed by atoms with Gasteiger partial charge in [-0.1, -0.05) is 13.3 Å². The fraction of sp³-hybridized carbons (Fsp3) is 0.875. The smallest absolute Gasteiger partial charge is 0.185 e. The lowest BCUT2D eigenvalue weighted by Crippen LogP contribution is -2.26. The third-order valence-electron chi connectivity index (χ3n) is 1.44. The second-order valence-corrected chi connectivity index (χ2v) is 2.85. The lowest BCUT2D eigenvalue weighted by Gasteiger charge is -2.08. The van der Waals surface area contributed by atoms with E-state index >= 15 is 0 Å². The molecule has 1 atom stereocenters. The van der Waals surface area contributed by atoms with Gasteiger partial charge >= 0.3 is 0 Å². The van der Waals surface area contributed by atoms with Crippen LogP contribution in [0.1, 0.15) is 19.8 Å². The van der Waals surface area contributed by atoms with Crippen LogP contribution in [0, 0.1) is 0 Å². The van der Waals surface area contributed by atoms with Gasteiger partial charge < -0.3 is 21.3 Å². The molecule has 0 aromatic carbocycles. The van der Waals surface area contributed by atoms with Gasteiger partial charge in [0.05, 0.1) is 19.3 Å². The van der Waals surface area contributed by atoms with Crippen molar-refractivity contribution in [2.24, 2.45) is 16.5 Å². The number of aliphatic imine (C=N–C) groups is 1. The summed E-state index contributed by atoms with van der Waals surface area (Å²) in [6.45, 7) is 3.25. The lowest BCUT2D eigenvalue weighted by molar-refractivity contribution is 0.0404. The Morgan fingerprint density at radius 1 is 1.54 bits per heavy atom. The summed E-state index contributed by atoms with van der Waals surface area (Å²) in [5.41, 5.74) is 10.2. The highest BCUT2D eigenvalue weighted by Crippen LogP contribution is 1.91. The van der Waals surface area contributed by atoms with Crippen molar-refractivity contribution in [3.8, 4) is 0 Å². The summed E-state index contributed by atoms with van der Waals surface area (Å²) in [7, 11) is 0. The summed E-state index contributed by atoms with van der Waals surface area (Å²) >= 11 is 0. The Kier molecular flexibility index (Phi) is 7.33. The molecule has 0 radical (unpaired) electrons. The predicted molar refractivity (Wildman–Crippen MR) is 52.4 cm³/mol. The third-order valence-corrected chi connectivity index (χ3v) is 1.44. The minimum absolute atomic E-state index is 0.00684. The number of rotatable bonds is 7. The maximum atomic E-state index is 9.25. The summed E-state index contributed by atoms with van der Waals surface area (Å²) in [6.07, 6.45) is 1.48. The quantitative estimate of drug-likeness (QED) is 0.284. The van der Waals surface area contributed by atoms with Crippen LogP contribution in [-0.2, 0) is 4.74 Å². The van der Waals surface area contributed by atoms with Crippen LogP contribution in [0.25, 0.3) is 0 Å². The van der Waals surface area contributed by atoms with Crippen LogP contribution in [0.4, 0.5) is 0 Å². The molecule has 78 valence electrons. The number of nitrogens with zero attached hydrogens (tertiary/aromatic N) is 1. The molecule has 1 unspecified atom stereocenters. The molecule has 0 amide bonds. The van der Waals surface area contributed by atoms with Crippen LogP contribution in [0.5, 0.6) is 0 Å². The van der Waals surface area contributed by atoms with Gasteiger partial charge in [-0.3, -0.25) is 4.99 Å². The van der Waals surface area contributed by atoms with Crippen LogP contribution in [0.15, 0.2) is 4.99 Å². The number of ether oxygens (including phenoxy) is 1. The molecular weight excluding hydrogens is 170 g/mol. The molecular formula is C8H19N3O2. The highest BCUT2D eigenvalue weighted by molar-refractivity contribution is 5.75. The van der Waals surface area contributed by atoms with Gasteiger partial charge in [-0.05, 0) is 6.42 Å². The molecule has 0 aliphatic carbocycles. The fourth-order valence-electron chi connectivity index (χ4n) is 0.729. The lowest BCUT2D eigenvalue weighted by atomic mass is 10.3. The maximum Gasteiger partial charge on any atom is 0.185 e. The summed E-state index contributed by atoms with van der Waals surface area (Å²) < 4.78 is 5.17. The molecule has 13 heavy (non-hydrogen) atoms. The SMILES string of the molecule is CCCCOCC(O)CN=C(N)N. The summed E-state index contributed by atoms with van der Waals surface area (Å²) in [4.78, 5) is 3.67. The molecule has 0 rings (SSSR count). The molecule has 0 heterocycles. The van der Waals surface area contributed by atoms with Gasteiger partial charge in [0.25, 0.3) is 0 Å². The number of hydrogen-bond acceptors (Lipinski definition) is 3. The highest BCUT2D eigenvalue weighted by Gasteiger charge is 2.02. The Labute approximate surface area is 78.8 Å². The van der Waals surface area contributed by atoms with Crippen molar-refractivity contribution in [2.45, 2.75) is 25.9 Å². The Morgan fingerprint density at radius 2 is 2.23 bits per heavy atom. The number of aliphatic hydroxyl groups is 1. The van der Waals surface area contributed by atoms with Gasteiger partial charge in [0.15, 0.2) is 5.96 Å². The average molecular weight is 189 g/mol. The van der Waals surface area contributed by atoms with Crippen molar-refractivity contribution in [3.05, 3.63) is 0 Å². The summed E-state index contributed by atoms with van der Waals surface area (Å²) in [5, 5.41) is 9.25. The number of unbranched alkanes of at least 4 members (excludes halogenated alkanes) is 1. The van der Waals surface area contributed by atoms with E-state index in [-0.39, 0.29) is 19.1 Å². The van der Waals surface area contributed by atoms with Crippen LogP contribution in [0.2, 0.25) is 0 Å². The van der Waals surface area contributed by atoms with E-state index in [4.69, 9.17) is 16.2 Å². The minimum atomic E-state index is -0.612. The molecule has 5 heteroatoms. The zero-order valence-electron chi connectivity index (χ0n) is 8.07. The second-order valence-electron chi connectivity index (χ2n) is 2.85. The number of guanidine groups is 1. The minimum Gasteiger partial charge on any atom is -0.389 e. The van der Waals surface area contributed by atoms with Gasteiger partial charge in [-0.25, -0.2) is 0 Å². The first kappa shape index (κ1) is 12.2.